The van der Waals surface area contributed by atoms with Gasteiger partial charge in [0.25, 0.3) is 0 Å². The first kappa shape index (κ1) is 16.9. The first-order valence-corrected chi connectivity index (χ1v) is 5.58. The van der Waals surface area contributed by atoms with Gasteiger partial charge in [0.1, 0.15) is 5.15 Å². The number of aromatic nitrogens is 1. The maximum absolute atomic E-state index is 5.77. The minimum atomic E-state index is 0. The van der Waals surface area contributed by atoms with E-state index in [4.69, 9.17) is 11.6 Å². The first-order valence-electron chi connectivity index (χ1n) is 5.20. The van der Waals surface area contributed by atoms with Gasteiger partial charge in [0.05, 0.1) is 0 Å². The average molecular weight is 300 g/mol. The fourth-order valence-corrected chi connectivity index (χ4v) is 2.91. The zero-order valence-corrected chi connectivity index (χ0v) is 11.6. The number of rotatable bonds is 1. The van der Waals surface area contributed by atoms with Crippen LogP contribution in [0.3, 0.4) is 0 Å². The van der Waals surface area contributed by atoms with Crippen molar-refractivity contribution in [2.24, 2.45) is 0 Å². The molecule has 2 aliphatic heterocycles. The third kappa shape index (κ3) is 3.24. The van der Waals surface area contributed by atoms with Gasteiger partial charge in [-0.05, 0) is 30.9 Å². The van der Waals surface area contributed by atoms with Gasteiger partial charge in [-0.15, -0.1) is 24.8 Å². The third-order valence-corrected chi connectivity index (χ3v) is 3.70. The van der Waals surface area contributed by atoms with Gasteiger partial charge in [0, 0.05) is 24.2 Å². The minimum absolute atomic E-state index is 0. The van der Waals surface area contributed by atoms with Crippen molar-refractivity contribution < 1.29 is 5.48 Å². The molecule has 0 aliphatic carbocycles. The fraction of sp³-hybridized carbons (Fsp3) is 0.545. The highest BCUT2D eigenvalue weighted by Crippen LogP contribution is 2.39. The first-order chi connectivity index (χ1) is 6.83. The van der Waals surface area contributed by atoms with E-state index in [0.29, 0.717) is 17.1 Å². The predicted octanol–water partition coefficient (Wildman–Crippen LogP) is 2.36. The lowest BCUT2D eigenvalue weighted by molar-refractivity contribution is 0.505. The maximum Gasteiger partial charge on any atom is 0.129 e. The zero-order chi connectivity index (χ0) is 9.54. The Hall–Kier alpha value is -0.0600. The van der Waals surface area contributed by atoms with E-state index in [0.717, 1.165) is 6.04 Å². The van der Waals surface area contributed by atoms with Crippen LogP contribution in [0.1, 0.15) is 30.7 Å². The van der Waals surface area contributed by atoms with Gasteiger partial charge >= 0.3 is 0 Å². The minimum Gasteiger partial charge on any atom is -0.412 e. The van der Waals surface area contributed by atoms with Crippen LogP contribution in [0.5, 0.6) is 0 Å². The van der Waals surface area contributed by atoms with E-state index in [9.17, 15) is 0 Å². The molecular weight excluding hydrogens is 282 g/mol. The molecule has 2 unspecified atom stereocenters. The molecule has 3 atom stereocenters. The van der Waals surface area contributed by atoms with Crippen molar-refractivity contribution in [2.75, 3.05) is 0 Å². The summed E-state index contributed by atoms with van der Waals surface area (Å²) >= 11 is 5.77. The molecule has 2 aliphatic rings. The van der Waals surface area contributed by atoms with Crippen LogP contribution >= 0.6 is 36.4 Å². The number of pyridine rings is 1. The number of halogens is 3. The van der Waals surface area contributed by atoms with Crippen molar-refractivity contribution in [3.05, 3.63) is 29.0 Å². The molecule has 3 nitrogen and oxygen atoms in total. The van der Waals surface area contributed by atoms with Crippen LogP contribution in [-0.4, -0.2) is 22.5 Å². The van der Waals surface area contributed by atoms with E-state index in [-0.39, 0.29) is 30.3 Å². The third-order valence-electron chi connectivity index (χ3n) is 3.48. The lowest BCUT2D eigenvalue weighted by Crippen LogP contribution is -2.21. The standard InChI is InChI=1S/C11H13ClN2.2ClH.H2O/c12-11-4-1-7(6-13-11)9-5-8-2-3-10(9)14-8;;;/h1,4,6,8-10,14H,2-3,5H2;2*1H;1H2/t8?,9-,10?;;;/m1.../s1. The molecule has 3 heterocycles. The van der Waals surface area contributed by atoms with Gasteiger partial charge in [0.2, 0.25) is 0 Å². The monoisotopic (exact) mass is 298 g/mol. The van der Waals surface area contributed by atoms with Gasteiger partial charge in [-0.1, -0.05) is 17.7 Å². The molecule has 1 aromatic heterocycles. The number of hydrogen-bond acceptors (Lipinski definition) is 2. The van der Waals surface area contributed by atoms with Gasteiger partial charge in [-0.25, -0.2) is 4.98 Å². The summed E-state index contributed by atoms with van der Waals surface area (Å²) in [6, 6.07) is 5.44. The number of nitrogens with one attached hydrogen (secondary N) is 1. The van der Waals surface area contributed by atoms with Gasteiger partial charge in [-0.3, -0.25) is 0 Å². The van der Waals surface area contributed by atoms with Gasteiger partial charge in [-0.2, -0.15) is 0 Å². The molecule has 0 radical (unpaired) electrons. The molecule has 1 aromatic rings. The van der Waals surface area contributed by atoms with Crippen LogP contribution in [0.2, 0.25) is 5.15 Å². The summed E-state index contributed by atoms with van der Waals surface area (Å²) in [6.45, 7) is 0. The summed E-state index contributed by atoms with van der Waals surface area (Å²) < 4.78 is 0. The number of hydrogen-bond donors (Lipinski definition) is 1. The van der Waals surface area contributed by atoms with Crippen LogP contribution in [0.15, 0.2) is 18.3 Å². The topological polar surface area (TPSA) is 56.4 Å². The van der Waals surface area contributed by atoms with Crippen LogP contribution < -0.4 is 5.32 Å². The highest BCUT2D eigenvalue weighted by atomic mass is 35.5. The van der Waals surface area contributed by atoms with Crippen molar-refractivity contribution in [2.45, 2.75) is 37.3 Å². The molecule has 3 N–H and O–H groups in total. The highest BCUT2D eigenvalue weighted by Gasteiger charge is 2.39. The molecule has 2 fully saturated rings. The average Bonchev–Trinajstić information content (AvgIpc) is 2.80. The Bertz CT molecular complexity index is 347. The van der Waals surface area contributed by atoms with Crippen molar-refractivity contribution in [3.63, 3.8) is 0 Å². The predicted molar refractivity (Wildman–Crippen MR) is 74.7 cm³/mol. The van der Waals surface area contributed by atoms with Gasteiger partial charge < -0.3 is 10.8 Å². The maximum atomic E-state index is 5.77. The fourth-order valence-electron chi connectivity index (χ4n) is 2.80. The normalized spacial score (nSPS) is 28.9. The van der Waals surface area contributed by atoms with Crippen molar-refractivity contribution in [3.8, 4) is 0 Å². The molecule has 3 rings (SSSR count). The Balaban J connectivity index is 0.000000853. The van der Waals surface area contributed by atoms with E-state index in [1.165, 1.54) is 24.8 Å². The highest BCUT2D eigenvalue weighted by molar-refractivity contribution is 6.29. The molecule has 0 amide bonds. The Morgan fingerprint density at radius 1 is 1.24 bits per heavy atom. The Morgan fingerprint density at radius 3 is 2.47 bits per heavy atom. The molecular formula is C11H17Cl3N2O. The molecule has 0 spiro atoms. The summed E-state index contributed by atoms with van der Waals surface area (Å²) in [5, 5.41) is 4.22. The van der Waals surface area contributed by atoms with E-state index in [1.807, 2.05) is 12.3 Å². The van der Waals surface area contributed by atoms with E-state index in [2.05, 4.69) is 16.4 Å². The van der Waals surface area contributed by atoms with E-state index >= 15 is 0 Å². The van der Waals surface area contributed by atoms with Crippen molar-refractivity contribution >= 4 is 36.4 Å². The smallest absolute Gasteiger partial charge is 0.129 e. The second kappa shape index (κ2) is 6.76. The number of nitrogens with zero attached hydrogens (tertiary/aromatic N) is 1. The van der Waals surface area contributed by atoms with Gasteiger partial charge in [0.15, 0.2) is 0 Å². The summed E-state index contributed by atoms with van der Waals surface area (Å²) in [5.74, 6) is 0.665. The Labute approximate surface area is 118 Å². The van der Waals surface area contributed by atoms with Crippen LogP contribution in [0.4, 0.5) is 0 Å². The van der Waals surface area contributed by atoms with Crippen LogP contribution in [-0.2, 0) is 0 Å². The summed E-state index contributed by atoms with van der Waals surface area (Å²) in [5.41, 5.74) is 1.34. The summed E-state index contributed by atoms with van der Waals surface area (Å²) in [4.78, 5) is 4.14. The second-order valence-corrected chi connectivity index (χ2v) is 4.69. The Morgan fingerprint density at radius 2 is 2.00 bits per heavy atom. The largest absolute Gasteiger partial charge is 0.412 e. The molecule has 98 valence electrons. The molecule has 2 bridgehead atoms. The summed E-state index contributed by atoms with van der Waals surface area (Å²) in [6.07, 6.45) is 5.86. The zero-order valence-electron chi connectivity index (χ0n) is 9.23. The molecule has 0 aromatic carbocycles. The van der Waals surface area contributed by atoms with Crippen LogP contribution in [0, 0.1) is 0 Å². The quantitative estimate of drug-likeness (QED) is 0.809. The molecule has 17 heavy (non-hydrogen) atoms. The Kier molecular flexibility index (Phi) is 6.74. The lowest BCUT2D eigenvalue weighted by atomic mass is 9.85. The van der Waals surface area contributed by atoms with Crippen LogP contribution in [0.25, 0.3) is 0 Å². The molecule has 2 saturated heterocycles. The number of fused-ring (bicyclic) bond motifs is 2. The van der Waals surface area contributed by atoms with E-state index in [1.54, 1.807) is 0 Å². The molecule has 6 heteroatoms. The lowest BCUT2D eigenvalue weighted by Gasteiger charge is -2.19. The molecule has 0 saturated carbocycles. The SMILES string of the molecule is Cl.Cl.Clc1ccc([C@H]2CC3CCC2N3)cn1.O. The second-order valence-electron chi connectivity index (χ2n) is 4.30. The summed E-state index contributed by atoms with van der Waals surface area (Å²) in [7, 11) is 0. The van der Waals surface area contributed by atoms with Crippen molar-refractivity contribution in [1.29, 1.82) is 0 Å². The van der Waals surface area contributed by atoms with Crippen molar-refractivity contribution in [1.82, 2.24) is 10.3 Å². The van der Waals surface area contributed by atoms with E-state index < -0.39 is 0 Å².